The van der Waals surface area contributed by atoms with Crippen LogP contribution < -0.4 is 0 Å². The lowest BCUT2D eigenvalue weighted by atomic mass is 10.0. The van der Waals surface area contributed by atoms with Crippen molar-refractivity contribution in [3.8, 4) is 5.69 Å². The van der Waals surface area contributed by atoms with Crippen LogP contribution in [0.3, 0.4) is 0 Å². The molecule has 0 saturated heterocycles. The highest BCUT2D eigenvalue weighted by Crippen LogP contribution is 2.38. The summed E-state index contributed by atoms with van der Waals surface area (Å²) in [6.45, 7) is 6.89. The summed E-state index contributed by atoms with van der Waals surface area (Å²) in [5, 5.41) is 8.74. The molecule has 3 aromatic rings. The van der Waals surface area contributed by atoms with Gasteiger partial charge in [0.25, 0.3) is 0 Å². The zero-order chi connectivity index (χ0) is 19.1. The van der Waals surface area contributed by atoms with Crippen LogP contribution in [-0.4, -0.2) is 37.9 Å². The first kappa shape index (κ1) is 17.4. The molecule has 0 spiro atoms. The molecular formula is C22H25N5O. The topological polar surface area (TPSA) is 60.0 Å². The number of hydrogen-bond donors (Lipinski definition) is 0. The molecule has 0 bridgehead atoms. The molecule has 6 nitrogen and oxygen atoms in total. The van der Waals surface area contributed by atoms with Crippen molar-refractivity contribution in [2.45, 2.75) is 45.6 Å². The summed E-state index contributed by atoms with van der Waals surface area (Å²) in [5.74, 6) is 2.14. The van der Waals surface area contributed by atoms with Gasteiger partial charge in [0.2, 0.25) is 5.89 Å². The SMILES string of the molecule is Cc1ccc(C)c(-n2cc(C3=CCN(Cc4noc(C5CC5)n4)CC3)cn2)c1. The number of aromatic nitrogens is 4. The van der Waals surface area contributed by atoms with Gasteiger partial charge in [-0.05, 0) is 55.9 Å². The fourth-order valence-electron chi connectivity index (χ4n) is 3.73. The van der Waals surface area contributed by atoms with E-state index in [4.69, 9.17) is 4.52 Å². The molecule has 2 aromatic heterocycles. The van der Waals surface area contributed by atoms with Crippen LogP contribution in [0.4, 0.5) is 0 Å². The average Bonchev–Trinajstić information content (AvgIpc) is 3.25. The van der Waals surface area contributed by atoms with E-state index in [0.717, 1.165) is 43.5 Å². The van der Waals surface area contributed by atoms with E-state index < -0.39 is 0 Å². The average molecular weight is 375 g/mol. The Labute approximate surface area is 164 Å². The molecule has 28 heavy (non-hydrogen) atoms. The number of benzene rings is 1. The molecule has 0 N–H and O–H groups in total. The van der Waals surface area contributed by atoms with Crippen molar-refractivity contribution in [2.75, 3.05) is 13.1 Å². The van der Waals surface area contributed by atoms with Gasteiger partial charge in [-0.3, -0.25) is 4.90 Å². The first-order valence-electron chi connectivity index (χ1n) is 10.0. The quantitative estimate of drug-likeness (QED) is 0.674. The smallest absolute Gasteiger partial charge is 0.229 e. The number of nitrogens with zero attached hydrogens (tertiary/aromatic N) is 5. The molecular weight excluding hydrogens is 350 g/mol. The minimum absolute atomic E-state index is 0.516. The summed E-state index contributed by atoms with van der Waals surface area (Å²) in [6, 6.07) is 6.47. The lowest BCUT2D eigenvalue weighted by Gasteiger charge is -2.24. The minimum atomic E-state index is 0.516. The van der Waals surface area contributed by atoms with E-state index in [1.165, 1.54) is 35.1 Å². The van der Waals surface area contributed by atoms with Crippen LogP contribution in [-0.2, 0) is 6.54 Å². The molecule has 0 amide bonds. The van der Waals surface area contributed by atoms with E-state index in [0.29, 0.717) is 5.92 Å². The summed E-state index contributed by atoms with van der Waals surface area (Å²) in [7, 11) is 0. The van der Waals surface area contributed by atoms with Gasteiger partial charge in [0.05, 0.1) is 18.4 Å². The molecule has 1 aromatic carbocycles. The summed E-state index contributed by atoms with van der Waals surface area (Å²) < 4.78 is 7.36. The first-order chi connectivity index (χ1) is 13.7. The predicted molar refractivity (Wildman–Crippen MR) is 107 cm³/mol. The molecule has 3 heterocycles. The van der Waals surface area contributed by atoms with Crippen LogP contribution in [0, 0.1) is 13.8 Å². The Balaban J connectivity index is 1.26. The summed E-state index contributed by atoms with van der Waals surface area (Å²) in [6.07, 6.45) is 9.80. The van der Waals surface area contributed by atoms with Crippen molar-refractivity contribution in [1.82, 2.24) is 24.8 Å². The molecule has 0 radical (unpaired) electrons. The van der Waals surface area contributed by atoms with Gasteiger partial charge in [-0.25, -0.2) is 4.68 Å². The van der Waals surface area contributed by atoms with Crippen LogP contribution in [0.25, 0.3) is 11.3 Å². The van der Waals surface area contributed by atoms with E-state index in [2.05, 4.69) is 64.5 Å². The molecule has 144 valence electrons. The van der Waals surface area contributed by atoms with Crippen LogP contribution in [0.1, 0.15) is 53.6 Å². The third-order valence-electron chi connectivity index (χ3n) is 5.63. The Morgan fingerprint density at radius 3 is 2.89 bits per heavy atom. The number of aryl methyl sites for hydroxylation is 2. The fraction of sp³-hybridized carbons (Fsp3) is 0.409. The standard InChI is InChI=1S/C22H25N5O/c1-15-3-4-16(2)20(11-15)27-13-19(12-23-27)17-7-9-26(10-8-17)14-21-24-22(28-25-21)18-5-6-18/h3-4,7,11-13,18H,5-6,8-10,14H2,1-2H3. The molecule has 1 fully saturated rings. The highest BCUT2D eigenvalue weighted by Gasteiger charge is 2.29. The predicted octanol–water partition coefficient (Wildman–Crippen LogP) is 4.04. The van der Waals surface area contributed by atoms with Crippen LogP contribution in [0.2, 0.25) is 0 Å². The highest BCUT2D eigenvalue weighted by atomic mass is 16.5. The van der Waals surface area contributed by atoms with Crippen molar-refractivity contribution < 1.29 is 4.52 Å². The maximum absolute atomic E-state index is 5.37. The third kappa shape index (κ3) is 3.52. The highest BCUT2D eigenvalue weighted by molar-refractivity contribution is 5.66. The first-order valence-corrected chi connectivity index (χ1v) is 10.0. The summed E-state index contributed by atoms with van der Waals surface area (Å²) >= 11 is 0. The maximum atomic E-state index is 5.37. The largest absolute Gasteiger partial charge is 0.339 e. The Kier molecular flexibility index (Phi) is 4.36. The third-order valence-corrected chi connectivity index (χ3v) is 5.63. The summed E-state index contributed by atoms with van der Waals surface area (Å²) in [5.41, 5.74) is 6.19. The molecule has 6 heteroatoms. The van der Waals surface area contributed by atoms with Crippen molar-refractivity contribution in [3.63, 3.8) is 0 Å². The Hall–Kier alpha value is -2.73. The molecule has 1 saturated carbocycles. The molecule has 0 atom stereocenters. The van der Waals surface area contributed by atoms with Gasteiger partial charge in [0.15, 0.2) is 5.82 Å². The number of rotatable bonds is 5. The molecule has 2 aliphatic rings. The van der Waals surface area contributed by atoms with Crippen LogP contribution >= 0.6 is 0 Å². The van der Waals surface area contributed by atoms with Gasteiger partial charge in [0.1, 0.15) is 0 Å². The Morgan fingerprint density at radius 1 is 1.21 bits per heavy atom. The van der Waals surface area contributed by atoms with Gasteiger partial charge in [-0.15, -0.1) is 0 Å². The minimum Gasteiger partial charge on any atom is -0.339 e. The van der Waals surface area contributed by atoms with Crippen LogP contribution in [0.5, 0.6) is 0 Å². The summed E-state index contributed by atoms with van der Waals surface area (Å²) in [4.78, 5) is 6.90. The van der Waals surface area contributed by atoms with Crippen molar-refractivity contribution in [3.05, 3.63) is 65.1 Å². The molecule has 0 unspecified atom stereocenters. The fourth-order valence-corrected chi connectivity index (χ4v) is 3.73. The second-order valence-electron chi connectivity index (χ2n) is 8.00. The second kappa shape index (κ2) is 7.02. The molecule has 1 aliphatic heterocycles. The van der Waals surface area contributed by atoms with Gasteiger partial charge in [-0.1, -0.05) is 23.4 Å². The number of hydrogen-bond acceptors (Lipinski definition) is 5. The van der Waals surface area contributed by atoms with Crippen molar-refractivity contribution >= 4 is 5.57 Å². The lowest BCUT2D eigenvalue weighted by molar-refractivity contribution is 0.279. The molecule has 5 rings (SSSR count). The lowest BCUT2D eigenvalue weighted by Crippen LogP contribution is -2.28. The monoisotopic (exact) mass is 375 g/mol. The van der Waals surface area contributed by atoms with Gasteiger partial charge in [0, 0.05) is 30.8 Å². The van der Waals surface area contributed by atoms with Gasteiger partial charge < -0.3 is 4.52 Å². The Morgan fingerprint density at radius 2 is 2.11 bits per heavy atom. The zero-order valence-corrected chi connectivity index (χ0v) is 16.4. The maximum Gasteiger partial charge on any atom is 0.229 e. The van der Waals surface area contributed by atoms with E-state index >= 15 is 0 Å². The van der Waals surface area contributed by atoms with E-state index in [9.17, 15) is 0 Å². The van der Waals surface area contributed by atoms with E-state index in [1.54, 1.807) is 0 Å². The van der Waals surface area contributed by atoms with Crippen molar-refractivity contribution in [1.29, 1.82) is 0 Å². The van der Waals surface area contributed by atoms with Gasteiger partial charge >= 0.3 is 0 Å². The Bertz CT molecular complexity index is 1030. The van der Waals surface area contributed by atoms with Crippen molar-refractivity contribution in [2.24, 2.45) is 0 Å². The normalized spacial score (nSPS) is 17.7. The zero-order valence-electron chi connectivity index (χ0n) is 16.4. The second-order valence-corrected chi connectivity index (χ2v) is 8.00. The van der Waals surface area contributed by atoms with Crippen LogP contribution in [0.15, 0.2) is 41.2 Å². The van der Waals surface area contributed by atoms with E-state index in [1.807, 2.05) is 10.9 Å². The molecule has 1 aliphatic carbocycles. The van der Waals surface area contributed by atoms with Gasteiger partial charge in [-0.2, -0.15) is 10.1 Å². The van der Waals surface area contributed by atoms with E-state index in [-0.39, 0.29) is 0 Å².